The molecule has 0 saturated heterocycles. The predicted octanol–water partition coefficient (Wildman–Crippen LogP) is 12.2. The minimum absolute atomic E-state index is 0.406. The van der Waals surface area contributed by atoms with Crippen molar-refractivity contribution >= 4 is 54.6 Å². The first-order chi connectivity index (χ1) is 23.8. The number of nitrogens with zero attached hydrogens (tertiary/aromatic N) is 2. The Hall–Kier alpha value is -6.19. The Kier molecular flexibility index (Phi) is 6.00. The number of furan rings is 1. The highest BCUT2D eigenvalue weighted by Gasteiger charge is 2.19. The number of hydrogen-bond acceptors (Lipinski definition) is 2. The van der Waals surface area contributed by atoms with Crippen LogP contribution in [0, 0.1) is 0 Å². The standard InChI is InChI=1S/C45H30N2O/c1-3-12-29(13-4-1)31-22-25-42-38(26-31)34-17-8-10-20-41(34)47(42)32-23-24-36-44(27-32)48-43-21-11-18-35(45(36)43)40-28-37(30-14-5-2-6-15-30)33-16-7-9-19-39(33)46-40/h1-12,14-29H,13H2. The Balaban J connectivity index is 1.15. The van der Waals surface area contributed by atoms with E-state index >= 15 is 0 Å². The molecule has 3 nitrogen and oxygen atoms in total. The lowest BCUT2D eigenvalue weighted by molar-refractivity contribution is 0.668. The fourth-order valence-electron chi connectivity index (χ4n) is 7.66. The Morgan fingerprint density at radius 1 is 0.583 bits per heavy atom. The Morgan fingerprint density at radius 2 is 1.42 bits per heavy atom. The van der Waals surface area contributed by atoms with E-state index in [-0.39, 0.29) is 0 Å². The summed E-state index contributed by atoms with van der Waals surface area (Å²) in [6.07, 6.45) is 9.89. The van der Waals surface area contributed by atoms with Gasteiger partial charge in [-0.05, 0) is 71.6 Å². The molecule has 0 fully saturated rings. The van der Waals surface area contributed by atoms with Gasteiger partial charge in [0.25, 0.3) is 0 Å². The van der Waals surface area contributed by atoms with Crippen molar-refractivity contribution in [1.29, 1.82) is 0 Å². The molecular weight excluding hydrogens is 585 g/mol. The smallest absolute Gasteiger partial charge is 0.137 e. The van der Waals surface area contributed by atoms with E-state index in [2.05, 4.69) is 168 Å². The third-order valence-corrected chi connectivity index (χ3v) is 9.92. The van der Waals surface area contributed by atoms with Gasteiger partial charge in [-0.15, -0.1) is 0 Å². The van der Waals surface area contributed by atoms with Crippen molar-refractivity contribution in [2.45, 2.75) is 12.3 Å². The van der Waals surface area contributed by atoms with E-state index in [1.54, 1.807) is 0 Å². The normalized spacial score (nSPS) is 14.6. The SMILES string of the molecule is C1=CCC(c2ccc3c(c2)c2ccccc2n3-c2ccc3c(c2)oc2cccc(-c4cc(-c5ccccc5)c5ccccc5n4)c23)C=C1. The summed E-state index contributed by atoms with van der Waals surface area (Å²) in [4.78, 5) is 5.18. The van der Waals surface area contributed by atoms with Crippen LogP contribution < -0.4 is 0 Å². The third kappa shape index (κ3) is 4.18. The van der Waals surface area contributed by atoms with Gasteiger partial charge in [0.1, 0.15) is 11.2 Å². The highest BCUT2D eigenvalue weighted by Crippen LogP contribution is 2.41. The van der Waals surface area contributed by atoms with E-state index in [4.69, 9.17) is 9.40 Å². The molecule has 9 aromatic rings. The molecule has 10 rings (SSSR count). The molecule has 0 saturated carbocycles. The van der Waals surface area contributed by atoms with Gasteiger partial charge >= 0.3 is 0 Å². The number of rotatable bonds is 4. The summed E-state index contributed by atoms with van der Waals surface area (Å²) in [5, 5.41) is 5.85. The first-order valence-corrected chi connectivity index (χ1v) is 16.6. The molecule has 1 unspecified atom stereocenters. The van der Waals surface area contributed by atoms with Crippen molar-refractivity contribution in [3.05, 3.63) is 169 Å². The summed E-state index contributed by atoms with van der Waals surface area (Å²) in [6.45, 7) is 0. The second-order valence-corrected chi connectivity index (χ2v) is 12.7. The summed E-state index contributed by atoms with van der Waals surface area (Å²) in [5.41, 5.74) is 11.9. The molecule has 0 spiro atoms. The van der Waals surface area contributed by atoms with Gasteiger partial charge in [-0.2, -0.15) is 0 Å². The van der Waals surface area contributed by atoms with Crippen molar-refractivity contribution in [2.75, 3.05) is 0 Å². The number of hydrogen-bond donors (Lipinski definition) is 0. The van der Waals surface area contributed by atoms with Gasteiger partial charge < -0.3 is 8.98 Å². The maximum Gasteiger partial charge on any atom is 0.137 e. The summed E-state index contributed by atoms with van der Waals surface area (Å²) < 4.78 is 8.99. The van der Waals surface area contributed by atoms with E-state index in [1.165, 1.54) is 38.5 Å². The molecule has 226 valence electrons. The van der Waals surface area contributed by atoms with Crippen molar-refractivity contribution in [1.82, 2.24) is 9.55 Å². The van der Waals surface area contributed by atoms with Crippen LogP contribution in [0.2, 0.25) is 0 Å². The molecule has 6 aromatic carbocycles. The molecule has 1 atom stereocenters. The number of pyridine rings is 1. The van der Waals surface area contributed by atoms with Crippen LogP contribution in [0.15, 0.2) is 168 Å². The highest BCUT2D eigenvalue weighted by molar-refractivity contribution is 6.14. The number of para-hydroxylation sites is 2. The zero-order valence-corrected chi connectivity index (χ0v) is 26.2. The maximum absolute atomic E-state index is 6.62. The number of aromatic nitrogens is 2. The average molecular weight is 615 g/mol. The quantitative estimate of drug-likeness (QED) is 0.197. The predicted molar refractivity (Wildman–Crippen MR) is 200 cm³/mol. The molecule has 0 radical (unpaired) electrons. The topological polar surface area (TPSA) is 31.0 Å². The number of fused-ring (bicyclic) bond motifs is 7. The van der Waals surface area contributed by atoms with Crippen LogP contribution in [-0.4, -0.2) is 9.55 Å². The Labute approximate surface area is 277 Å². The van der Waals surface area contributed by atoms with Crippen LogP contribution in [0.25, 0.3) is 82.7 Å². The van der Waals surface area contributed by atoms with Crippen LogP contribution in [0.4, 0.5) is 0 Å². The van der Waals surface area contributed by atoms with Crippen molar-refractivity contribution in [2.24, 2.45) is 0 Å². The molecule has 0 aliphatic heterocycles. The molecule has 48 heavy (non-hydrogen) atoms. The van der Waals surface area contributed by atoms with Crippen molar-refractivity contribution < 1.29 is 4.42 Å². The number of benzene rings is 6. The lowest BCUT2D eigenvalue weighted by Crippen LogP contribution is -1.97. The average Bonchev–Trinajstić information content (AvgIpc) is 3.70. The van der Waals surface area contributed by atoms with E-state index < -0.39 is 0 Å². The van der Waals surface area contributed by atoms with Crippen molar-refractivity contribution in [3.8, 4) is 28.1 Å². The minimum Gasteiger partial charge on any atom is -0.456 e. The summed E-state index contributed by atoms with van der Waals surface area (Å²) in [6, 6.07) is 49.8. The fraction of sp³-hybridized carbons (Fsp3) is 0.0444. The molecule has 0 bridgehead atoms. The zero-order valence-electron chi connectivity index (χ0n) is 26.2. The molecule has 3 heterocycles. The second kappa shape index (κ2) is 10.7. The Morgan fingerprint density at radius 3 is 2.31 bits per heavy atom. The van der Waals surface area contributed by atoms with Gasteiger partial charge in [-0.1, -0.05) is 109 Å². The molecule has 0 N–H and O–H groups in total. The highest BCUT2D eigenvalue weighted by atomic mass is 16.3. The van der Waals surface area contributed by atoms with Gasteiger partial charge in [0.05, 0.1) is 22.2 Å². The van der Waals surface area contributed by atoms with E-state index in [0.29, 0.717) is 5.92 Å². The molecule has 3 aromatic heterocycles. The van der Waals surface area contributed by atoms with Crippen LogP contribution in [-0.2, 0) is 0 Å². The Bertz CT molecular complexity index is 2760. The van der Waals surface area contributed by atoms with Crippen LogP contribution in [0.1, 0.15) is 17.9 Å². The summed E-state index contributed by atoms with van der Waals surface area (Å²) in [7, 11) is 0. The lowest BCUT2D eigenvalue weighted by Gasteiger charge is -2.14. The first kappa shape index (κ1) is 27.0. The lowest BCUT2D eigenvalue weighted by atomic mass is 9.91. The summed E-state index contributed by atoms with van der Waals surface area (Å²) in [5.74, 6) is 0.406. The summed E-state index contributed by atoms with van der Waals surface area (Å²) >= 11 is 0. The second-order valence-electron chi connectivity index (χ2n) is 12.7. The fourth-order valence-corrected chi connectivity index (χ4v) is 7.66. The third-order valence-electron chi connectivity index (χ3n) is 9.92. The minimum atomic E-state index is 0.406. The zero-order chi connectivity index (χ0) is 31.6. The molecule has 3 heteroatoms. The van der Waals surface area contributed by atoms with Crippen LogP contribution in [0.3, 0.4) is 0 Å². The van der Waals surface area contributed by atoms with E-state index in [0.717, 1.165) is 56.2 Å². The monoisotopic (exact) mass is 614 g/mol. The number of allylic oxidation sites excluding steroid dienone is 4. The van der Waals surface area contributed by atoms with Crippen molar-refractivity contribution in [3.63, 3.8) is 0 Å². The van der Waals surface area contributed by atoms with Crippen LogP contribution in [0.5, 0.6) is 0 Å². The molecule has 1 aliphatic rings. The largest absolute Gasteiger partial charge is 0.456 e. The van der Waals surface area contributed by atoms with Gasteiger partial charge in [0.15, 0.2) is 0 Å². The van der Waals surface area contributed by atoms with E-state index in [1.807, 2.05) is 0 Å². The van der Waals surface area contributed by atoms with Gasteiger partial charge in [-0.3, -0.25) is 0 Å². The first-order valence-electron chi connectivity index (χ1n) is 16.6. The van der Waals surface area contributed by atoms with Gasteiger partial charge in [-0.25, -0.2) is 4.98 Å². The van der Waals surface area contributed by atoms with E-state index in [9.17, 15) is 0 Å². The molecular formula is C45H30N2O. The maximum atomic E-state index is 6.62. The van der Waals surface area contributed by atoms with Gasteiger partial charge in [0.2, 0.25) is 0 Å². The molecule has 1 aliphatic carbocycles. The molecule has 0 amide bonds. The van der Waals surface area contributed by atoms with Crippen LogP contribution >= 0.6 is 0 Å². The van der Waals surface area contributed by atoms with Gasteiger partial charge in [0, 0.05) is 50.2 Å².